The Bertz CT molecular complexity index is 794. The van der Waals surface area contributed by atoms with Gasteiger partial charge in [0.15, 0.2) is 0 Å². The number of fused-ring (bicyclic) bond motifs is 1. The van der Waals surface area contributed by atoms with Crippen molar-refractivity contribution in [3.63, 3.8) is 0 Å². The van der Waals surface area contributed by atoms with Crippen LogP contribution in [0.15, 0.2) is 29.6 Å². The highest BCUT2D eigenvalue weighted by molar-refractivity contribution is 7.17. The van der Waals surface area contributed by atoms with Crippen molar-refractivity contribution in [2.24, 2.45) is 0 Å². The van der Waals surface area contributed by atoms with Gasteiger partial charge in [-0.2, -0.15) is 0 Å². The maximum atomic E-state index is 4.58. The predicted molar refractivity (Wildman–Crippen MR) is 95.4 cm³/mol. The van der Waals surface area contributed by atoms with Crippen molar-refractivity contribution in [1.29, 1.82) is 0 Å². The second-order valence-corrected chi connectivity index (χ2v) is 6.27. The number of thiophene rings is 1. The summed E-state index contributed by atoms with van der Waals surface area (Å²) >= 11 is 1.68. The van der Waals surface area contributed by atoms with Gasteiger partial charge in [-0.05, 0) is 55.5 Å². The first-order chi connectivity index (χ1) is 10.7. The van der Waals surface area contributed by atoms with Crippen LogP contribution in [0.5, 0.6) is 0 Å². The van der Waals surface area contributed by atoms with Crippen LogP contribution in [0, 0.1) is 13.8 Å². The predicted octanol–water partition coefficient (Wildman–Crippen LogP) is 4.87. The minimum atomic E-state index is 0.653. The van der Waals surface area contributed by atoms with Gasteiger partial charge in [0.05, 0.1) is 15.9 Å². The van der Waals surface area contributed by atoms with Gasteiger partial charge in [-0.1, -0.05) is 6.92 Å². The Morgan fingerprint density at radius 2 is 2.00 bits per heavy atom. The molecule has 2 aromatic heterocycles. The lowest BCUT2D eigenvalue weighted by atomic mass is 10.1. The SMILES string of the molecule is CCCNc1ccc(Nc2nc(C)c3sccc3n2)c(C)c1. The quantitative estimate of drug-likeness (QED) is 0.705. The maximum Gasteiger partial charge on any atom is 0.228 e. The Morgan fingerprint density at radius 1 is 1.14 bits per heavy atom. The van der Waals surface area contributed by atoms with Crippen LogP contribution in [-0.2, 0) is 0 Å². The summed E-state index contributed by atoms with van der Waals surface area (Å²) in [6.07, 6.45) is 1.12. The molecule has 0 aliphatic rings. The van der Waals surface area contributed by atoms with Crippen molar-refractivity contribution < 1.29 is 0 Å². The third-order valence-corrected chi connectivity index (χ3v) is 4.54. The summed E-state index contributed by atoms with van der Waals surface area (Å²) < 4.78 is 1.15. The van der Waals surface area contributed by atoms with E-state index in [9.17, 15) is 0 Å². The van der Waals surface area contributed by atoms with Crippen molar-refractivity contribution in [2.45, 2.75) is 27.2 Å². The molecular weight excluding hydrogens is 292 g/mol. The van der Waals surface area contributed by atoms with E-state index in [1.165, 1.54) is 5.56 Å². The van der Waals surface area contributed by atoms with Gasteiger partial charge in [-0.25, -0.2) is 9.97 Å². The fourth-order valence-corrected chi connectivity index (χ4v) is 3.15. The summed E-state index contributed by atoms with van der Waals surface area (Å²) in [5, 5.41) is 8.78. The molecule has 3 aromatic rings. The van der Waals surface area contributed by atoms with Crippen LogP contribution >= 0.6 is 11.3 Å². The Balaban J connectivity index is 1.84. The van der Waals surface area contributed by atoms with E-state index in [2.05, 4.69) is 58.0 Å². The summed E-state index contributed by atoms with van der Waals surface area (Å²) in [6.45, 7) is 7.27. The van der Waals surface area contributed by atoms with Gasteiger partial charge >= 0.3 is 0 Å². The van der Waals surface area contributed by atoms with E-state index < -0.39 is 0 Å². The fraction of sp³-hybridized carbons (Fsp3) is 0.294. The van der Waals surface area contributed by atoms with Gasteiger partial charge in [0.1, 0.15) is 0 Å². The molecule has 0 unspecified atom stereocenters. The van der Waals surface area contributed by atoms with E-state index in [-0.39, 0.29) is 0 Å². The number of aryl methyl sites for hydroxylation is 2. The molecular formula is C17H20N4S. The van der Waals surface area contributed by atoms with Crippen LogP contribution in [0.4, 0.5) is 17.3 Å². The summed E-state index contributed by atoms with van der Waals surface area (Å²) in [6, 6.07) is 8.34. The van der Waals surface area contributed by atoms with Crippen molar-refractivity contribution >= 4 is 38.9 Å². The van der Waals surface area contributed by atoms with Gasteiger partial charge in [0.25, 0.3) is 0 Å². The normalized spacial score (nSPS) is 10.9. The molecule has 0 atom stereocenters. The van der Waals surface area contributed by atoms with Crippen molar-refractivity contribution in [3.8, 4) is 0 Å². The molecule has 0 amide bonds. The molecule has 3 rings (SSSR count). The smallest absolute Gasteiger partial charge is 0.228 e. The zero-order valence-electron chi connectivity index (χ0n) is 13.1. The lowest BCUT2D eigenvalue weighted by Crippen LogP contribution is -2.02. The van der Waals surface area contributed by atoms with Gasteiger partial charge in [-0.3, -0.25) is 0 Å². The third kappa shape index (κ3) is 3.04. The second-order valence-electron chi connectivity index (χ2n) is 5.35. The van der Waals surface area contributed by atoms with E-state index >= 15 is 0 Å². The Kier molecular flexibility index (Phi) is 4.24. The largest absolute Gasteiger partial charge is 0.385 e. The number of rotatable bonds is 5. The molecule has 2 N–H and O–H groups in total. The summed E-state index contributed by atoms with van der Waals surface area (Å²) in [7, 11) is 0. The average Bonchev–Trinajstić information content (AvgIpc) is 2.96. The average molecular weight is 312 g/mol. The molecule has 0 fully saturated rings. The van der Waals surface area contributed by atoms with E-state index in [0.717, 1.165) is 40.3 Å². The van der Waals surface area contributed by atoms with E-state index in [4.69, 9.17) is 0 Å². The summed E-state index contributed by atoms with van der Waals surface area (Å²) in [5.74, 6) is 0.653. The molecule has 1 aromatic carbocycles. The Hall–Kier alpha value is -2.14. The first-order valence-corrected chi connectivity index (χ1v) is 8.38. The van der Waals surface area contributed by atoms with Crippen LogP contribution in [0.3, 0.4) is 0 Å². The van der Waals surface area contributed by atoms with Crippen LogP contribution in [0.2, 0.25) is 0 Å². The highest BCUT2D eigenvalue weighted by Crippen LogP contribution is 2.26. The molecule has 0 aliphatic carbocycles. The first-order valence-electron chi connectivity index (χ1n) is 7.50. The van der Waals surface area contributed by atoms with E-state index in [1.54, 1.807) is 11.3 Å². The number of aromatic nitrogens is 2. The number of nitrogens with one attached hydrogen (secondary N) is 2. The molecule has 2 heterocycles. The zero-order valence-corrected chi connectivity index (χ0v) is 13.9. The highest BCUT2D eigenvalue weighted by Gasteiger charge is 2.07. The lowest BCUT2D eigenvalue weighted by Gasteiger charge is -2.11. The number of anilines is 3. The Morgan fingerprint density at radius 3 is 2.77 bits per heavy atom. The van der Waals surface area contributed by atoms with E-state index in [0.29, 0.717) is 5.95 Å². The molecule has 0 spiro atoms. The monoisotopic (exact) mass is 312 g/mol. The molecule has 5 heteroatoms. The van der Waals surface area contributed by atoms with Crippen LogP contribution < -0.4 is 10.6 Å². The second kappa shape index (κ2) is 6.32. The molecule has 0 bridgehead atoms. The zero-order chi connectivity index (χ0) is 15.5. The highest BCUT2D eigenvalue weighted by atomic mass is 32.1. The fourth-order valence-electron chi connectivity index (χ4n) is 2.37. The van der Waals surface area contributed by atoms with E-state index in [1.807, 2.05) is 13.0 Å². The lowest BCUT2D eigenvalue weighted by molar-refractivity contribution is 0.979. The maximum absolute atomic E-state index is 4.58. The van der Waals surface area contributed by atoms with Crippen LogP contribution in [0.1, 0.15) is 24.6 Å². The molecule has 0 saturated carbocycles. The minimum absolute atomic E-state index is 0.653. The molecule has 0 radical (unpaired) electrons. The standard InChI is InChI=1S/C17H20N4S/c1-4-8-18-13-5-6-14(11(2)10-13)20-17-19-12(3)16-15(21-17)7-9-22-16/h5-7,9-10,18H,4,8H2,1-3H3,(H,19,20,21). The van der Waals surface area contributed by atoms with Gasteiger partial charge in [0.2, 0.25) is 5.95 Å². The molecule has 22 heavy (non-hydrogen) atoms. The van der Waals surface area contributed by atoms with Gasteiger partial charge < -0.3 is 10.6 Å². The summed E-state index contributed by atoms with van der Waals surface area (Å²) in [5.41, 5.74) is 5.37. The molecule has 0 aliphatic heterocycles. The molecule has 4 nitrogen and oxygen atoms in total. The number of benzene rings is 1. The third-order valence-electron chi connectivity index (χ3n) is 3.53. The topological polar surface area (TPSA) is 49.8 Å². The summed E-state index contributed by atoms with van der Waals surface area (Å²) in [4.78, 5) is 9.13. The van der Waals surface area contributed by atoms with Crippen molar-refractivity contribution in [1.82, 2.24) is 9.97 Å². The first kappa shape index (κ1) is 14.8. The molecule has 114 valence electrons. The van der Waals surface area contributed by atoms with Crippen molar-refractivity contribution in [2.75, 3.05) is 17.2 Å². The minimum Gasteiger partial charge on any atom is -0.385 e. The number of hydrogen-bond acceptors (Lipinski definition) is 5. The molecule has 0 saturated heterocycles. The van der Waals surface area contributed by atoms with Crippen LogP contribution in [0.25, 0.3) is 10.2 Å². The van der Waals surface area contributed by atoms with Gasteiger partial charge in [-0.15, -0.1) is 11.3 Å². The number of hydrogen-bond donors (Lipinski definition) is 2. The number of nitrogens with zero attached hydrogens (tertiary/aromatic N) is 2. The van der Waals surface area contributed by atoms with Gasteiger partial charge in [0, 0.05) is 17.9 Å². The van der Waals surface area contributed by atoms with Crippen molar-refractivity contribution in [3.05, 3.63) is 40.9 Å². The Labute approximate surface area is 134 Å². The van der Waals surface area contributed by atoms with Crippen LogP contribution in [-0.4, -0.2) is 16.5 Å².